The van der Waals surface area contributed by atoms with Crippen molar-refractivity contribution in [3.63, 3.8) is 0 Å². The first-order chi connectivity index (χ1) is 11.5. The van der Waals surface area contributed by atoms with Crippen LogP contribution in [0.4, 0.5) is 0 Å². The summed E-state index contributed by atoms with van der Waals surface area (Å²) in [5.74, 6) is 2.12. The number of rotatable bonds is 7. The molecule has 5 nitrogen and oxygen atoms in total. The Morgan fingerprint density at radius 3 is 2.58 bits per heavy atom. The minimum atomic E-state index is 0.108. The van der Waals surface area contributed by atoms with Gasteiger partial charge >= 0.3 is 0 Å². The molecule has 1 N–H and O–H groups in total. The zero-order valence-corrected chi connectivity index (χ0v) is 15.3. The summed E-state index contributed by atoms with van der Waals surface area (Å²) < 4.78 is 10.6. The quantitative estimate of drug-likeness (QED) is 0.833. The molecule has 0 saturated heterocycles. The number of hydrogen-bond acceptors (Lipinski definition) is 4. The highest BCUT2D eigenvalue weighted by Crippen LogP contribution is 2.28. The van der Waals surface area contributed by atoms with Crippen molar-refractivity contribution < 1.29 is 14.3 Å². The number of methoxy groups -OCH3 is 2. The summed E-state index contributed by atoms with van der Waals surface area (Å²) in [6.07, 6.45) is 4.82. The minimum absolute atomic E-state index is 0.108. The molecule has 0 radical (unpaired) electrons. The maximum Gasteiger partial charge on any atom is 0.234 e. The third-order valence-corrected chi connectivity index (χ3v) is 4.77. The SMILES string of the molecule is COc1ccc(CN(C)CC(=O)N[C@H]2CCCC[C@H]2C)cc1OC. The van der Waals surface area contributed by atoms with Gasteiger partial charge in [0.1, 0.15) is 0 Å². The summed E-state index contributed by atoms with van der Waals surface area (Å²) >= 11 is 0. The fraction of sp³-hybridized carbons (Fsp3) is 0.632. The zero-order valence-electron chi connectivity index (χ0n) is 15.3. The van der Waals surface area contributed by atoms with Gasteiger partial charge in [0.25, 0.3) is 0 Å². The molecule has 1 aliphatic carbocycles. The molecule has 1 aromatic carbocycles. The van der Waals surface area contributed by atoms with Crippen LogP contribution in [-0.4, -0.2) is 44.7 Å². The van der Waals surface area contributed by atoms with E-state index in [2.05, 4.69) is 12.2 Å². The highest BCUT2D eigenvalue weighted by Gasteiger charge is 2.23. The summed E-state index contributed by atoms with van der Waals surface area (Å²) in [7, 11) is 5.21. The lowest BCUT2D eigenvalue weighted by Crippen LogP contribution is -2.44. The standard InChI is InChI=1S/C19H30N2O3/c1-14-7-5-6-8-16(14)20-19(22)13-21(2)12-15-9-10-17(23-3)18(11-15)24-4/h9-11,14,16H,5-8,12-13H2,1-4H3,(H,20,22)/t14-,16+/m1/s1. The van der Waals surface area contributed by atoms with E-state index in [-0.39, 0.29) is 5.91 Å². The average Bonchev–Trinajstić information content (AvgIpc) is 2.56. The highest BCUT2D eigenvalue weighted by atomic mass is 16.5. The molecule has 1 aromatic rings. The van der Waals surface area contributed by atoms with Gasteiger partial charge in [-0.05, 0) is 43.5 Å². The Kier molecular flexibility index (Phi) is 6.91. The van der Waals surface area contributed by atoms with Crippen molar-refractivity contribution in [2.45, 2.75) is 45.2 Å². The molecular formula is C19H30N2O3. The van der Waals surface area contributed by atoms with E-state index in [1.165, 1.54) is 19.3 Å². The molecule has 1 amide bonds. The van der Waals surface area contributed by atoms with Gasteiger partial charge in [0.15, 0.2) is 11.5 Å². The number of carbonyl (C=O) groups excluding carboxylic acids is 1. The van der Waals surface area contributed by atoms with Crippen molar-refractivity contribution in [3.8, 4) is 11.5 Å². The van der Waals surface area contributed by atoms with Gasteiger partial charge in [-0.1, -0.05) is 25.8 Å². The van der Waals surface area contributed by atoms with Gasteiger partial charge in [0.2, 0.25) is 5.91 Å². The Labute approximate surface area is 145 Å². The van der Waals surface area contributed by atoms with Crippen LogP contribution in [0.15, 0.2) is 18.2 Å². The van der Waals surface area contributed by atoms with Gasteiger partial charge in [-0.3, -0.25) is 9.69 Å². The van der Waals surface area contributed by atoms with Gasteiger partial charge < -0.3 is 14.8 Å². The summed E-state index contributed by atoms with van der Waals surface area (Å²) in [5, 5.41) is 3.20. The van der Waals surface area contributed by atoms with Crippen LogP contribution in [0.1, 0.15) is 38.2 Å². The van der Waals surface area contributed by atoms with Gasteiger partial charge in [0.05, 0.1) is 20.8 Å². The van der Waals surface area contributed by atoms with Crippen LogP contribution in [0.5, 0.6) is 11.5 Å². The molecule has 0 spiro atoms. The number of likely N-dealkylation sites (N-methyl/N-ethyl adjacent to an activating group) is 1. The topological polar surface area (TPSA) is 50.8 Å². The highest BCUT2D eigenvalue weighted by molar-refractivity contribution is 5.78. The van der Waals surface area contributed by atoms with Crippen LogP contribution in [0.2, 0.25) is 0 Å². The van der Waals surface area contributed by atoms with E-state index in [1.807, 2.05) is 30.1 Å². The number of benzene rings is 1. The van der Waals surface area contributed by atoms with E-state index in [0.29, 0.717) is 36.5 Å². The largest absolute Gasteiger partial charge is 0.493 e. The second-order valence-corrected chi connectivity index (χ2v) is 6.80. The Morgan fingerprint density at radius 1 is 1.21 bits per heavy atom. The molecule has 0 aliphatic heterocycles. The number of nitrogens with zero attached hydrogens (tertiary/aromatic N) is 1. The van der Waals surface area contributed by atoms with E-state index in [1.54, 1.807) is 14.2 Å². The average molecular weight is 334 g/mol. The third-order valence-electron chi connectivity index (χ3n) is 4.77. The Morgan fingerprint density at radius 2 is 1.92 bits per heavy atom. The maximum absolute atomic E-state index is 12.3. The van der Waals surface area contributed by atoms with Crippen LogP contribution < -0.4 is 14.8 Å². The normalized spacial score (nSPS) is 20.7. The monoisotopic (exact) mass is 334 g/mol. The lowest BCUT2D eigenvalue weighted by atomic mass is 9.86. The number of hydrogen-bond donors (Lipinski definition) is 1. The second-order valence-electron chi connectivity index (χ2n) is 6.80. The second kappa shape index (κ2) is 8.92. The van der Waals surface area contributed by atoms with Crippen molar-refractivity contribution in [2.75, 3.05) is 27.8 Å². The third kappa shape index (κ3) is 5.13. The number of amides is 1. The maximum atomic E-state index is 12.3. The number of nitrogens with one attached hydrogen (secondary N) is 1. The molecule has 2 rings (SSSR count). The molecule has 1 fully saturated rings. The van der Waals surface area contributed by atoms with Crippen molar-refractivity contribution in [1.82, 2.24) is 10.2 Å². The predicted octanol–water partition coefficient (Wildman–Crippen LogP) is 2.83. The smallest absolute Gasteiger partial charge is 0.234 e. The predicted molar refractivity (Wildman–Crippen MR) is 95.4 cm³/mol. The first-order valence-corrected chi connectivity index (χ1v) is 8.72. The summed E-state index contributed by atoms with van der Waals surface area (Å²) in [6.45, 7) is 3.32. The van der Waals surface area contributed by atoms with Crippen molar-refractivity contribution in [2.24, 2.45) is 5.92 Å². The molecule has 134 valence electrons. The first kappa shape index (κ1) is 18.6. The fourth-order valence-corrected chi connectivity index (χ4v) is 3.37. The van der Waals surface area contributed by atoms with Crippen LogP contribution in [0.3, 0.4) is 0 Å². The van der Waals surface area contributed by atoms with Crippen LogP contribution in [-0.2, 0) is 11.3 Å². The zero-order chi connectivity index (χ0) is 17.5. The van der Waals surface area contributed by atoms with Gasteiger partial charge in [-0.15, -0.1) is 0 Å². The fourth-order valence-electron chi connectivity index (χ4n) is 3.37. The number of carbonyl (C=O) groups is 1. The molecule has 0 aromatic heterocycles. The molecule has 0 bridgehead atoms. The lowest BCUT2D eigenvalue weighted by Gasteiger charge is -2.30. The van der Waals surface area contributed by atoms with Crippen molar-refractivity contribution in [1.29, 1.82) is 0 Å². The van der Waals surface area contributed by atoms with E-state index in [4.69, 9.17) is 9.47 Å². The summed E-state index contributed by atoms with van der Waals surface area (Å²) in [5.41, 5.74) is 1.09. The van der Waals surface area contributed by atoms with Gasteiger partial charge in [0, 0.05) is 12.6 Å². The summed E-state index contributed by atoms with van der Waals surface area (Å²) in [4.78, 5) is 14.3. The van der Waals surface area contributed by atoms with Gasteiger partial charge in [-0.2, -0.15) is 0 Å². The van der Waals surface area contributed by atoms with Crippen LogP contribution in [0.25, 0.3) is 0 Å². The Hall–Kier alpha value is -1.75. The molecule has 0 heterocycles. The van der Waals surface area contributed by atoms with Crippen LogP contribution in [0, 0.1) is 5.92 Å². The molecular weight excluding hydrogens is 304 g/mol. The van der Waals surface area contributed by atoms with Gasteiger partial charge in [-0.25, -0.2) is 0 Å². The van der Waals surface area contributed by atoms with E-state index >= 15 is 0 Å². The summed E-state index contributed by atoms with van der Waals surface area (Å²) in [6, 6.07) is 6.18. The van der Waals surface area contributed by atoms with Crippen molar-refractivity contribution in [3.05, 3.63) is 23.8 Å². The van der Waals surface area contributed by atoms with Crippen molar-refractivity contribution >= 4 is 5.91 Å². The van der Waals surface area contributed by atoms with E-state index in [9.17, 15) is 4.79 Å². The minimum Gasteiger partial charge on any atom is -0.493 e. The molecule has 24 heavy (non-hydrogen) atoms. The Balaban J connectivity index is 1.86. The lowest BCUT2D eigenvalue weighted by molar-refractivity contribution is -0.123. The molecule has 5 heteroatoms. The van der Waals surface area contributed by atoms with E-state index < -0.39 is 0 Å². The van der Waals surface area contributed by atoms with Crippen LogP contribution >= 0.6 is 0 Å². The molecule has 1 aliphatic rings. The molecule has 1 saturated carbocycles. The molecule has 2 atom stereocenters. The number of ether oxygens (including phenoxy) is 2. The molecule has 0 unspecified atom stereocenters. The first-order valence-electron chi connectivity index (χ1n) is 8.72. The van der Waals surface area contributed by atoms with E-state index in [0.717, 1.165) is 12.0 Å². The Bertz CT molecular complexity index is 547.